The van der Waals surface area contributed by atoms with Gasteiger partial charge >= 0.3 is 0 Å². The standard InChI is InChI=1S/C17H28B36N2/c1-3-6-13-9-10-14-7-5-8-15-12-54(4-2)16(55(14)15)11-17(35-48(40(20)21)52(43(26)27)44(28)29,39(13)51(42(24)25)50(38-19)41(22)23)36-49(47(34)37-18)53(45(30)31)46(32)33/h12-14,16H,3-11H2,1-2H3/t13-,14?,16?,17?/m0/s1. The molecule has 38 radical (unpaired) electrons. The molecule has 0 N–H and O–H groups in total. The van der Waals surface area contributed by atoms with Crippen LogP contribution in [0.5, 0.6) is 0 Å². The second kappa shape index (κ2) is 23.2. The van der Waals surface area contributed by atoms with Crippen LogP contribution in [0, 0.1) is 0 Å². The van der Waals surface area contributed by atoms with Crippen molar-refractivity contribution < 1.29 is 0 Å². The van der Waals surface area contributed by atoms with E-state index in [0.29, 0.717) is 6.42 Å². The zero-order valence-electron chi connectivity index (χ0n) is 33.4. The average Bonchev–Trinajstić information content (AvgIpc) is 3.47. The lowest BCUT2D eigenvalue weighted by Gasteiger charge is -2.56. The van der Waals surface area contributed by atoms with E-state index in [1.54, 1.807) is 0 Å². The molecule has 2 fully saturated rings. The molecule has 0 bridgehead atoms. The normalized spacial score (nSPS) is 21.5. The molecule has 3 heterocycles. The molecule has 0 aromatic heterocycles. The number of hydrogen-bond acceptors (Lipinski definition) is 2. The second-order valence-corrected chi connectivity index (χ2v) is 16.7. The van der Waals surface area contributed by atoms with Gasteiger partial charge < -0.3 is 9.80 Å². The van der Waals surface area contributed by atoms with Crippen LogP contribution >= 0.6 is 0 Å². The fourth-order valence-corrected chi connectivity index (χ4v) is 10.7. The quantitative estimate of drug-likeness (QED) is 0.114. The van der Waals surface area contributed by atoms with E-state index in [4.69, 9.17) is 132 Å². The van der Waals surface area contributed by atoms with E-state index < -0.39 is 101 Å². The first-order chi connectivity index (χ1) is 25.8. The van der Waals surface area contributed by atoms with Gasteiger partial charge in [-0.2, -0.15) is 0 Å². The largest absolute Gasteiger partial charge is 0.356 e. The third kappa shape index (κ3) is 12.2. The summed E-state index contributed by atoms with van der Waals surface area (Å²) in [5.74, 6) is -0.0239. The monoisotopic (exact) mass is 657 g/mol. The van der Waals surface area contributed by atoms with E-state index in [2.05, 4.69) is 44.2 Å². The third-order valence-electron chi connectivity index (χ3n) is 13.0. The van der Waals surface area contributed by atoms with Crippen molar-refractivity contribution in [2.75, 3.05) is 6.54 Å². The number of rotatable bonds is 21. The minimum Gasteiger partial charge on any atom is -0.356 e. The van der Waals surface area contributed by atoms with Crippen LogP contribution in [0.25, 0.3) is 0 Å². The highest BCUT2D eigenvalue weighted by Gasteiger charge is 2.58. The van der Waals surface area contributed by atoms with Crippen molar-refractivity contribution in [2.45, 2.75) is 88.4 Å². The topological polar surface area (TPSA) is 6.48 Å². The fraction of sp³-hybridized carbons (Fsp3) is 0.882. The summed E-state index contributed by atoms with van der Waals surface area (Å²) in [7, 11) is 119. The summed E-state index contributed by atoms with van der Waals surface area (Å²) in [6.45, 7) is 4.60. The van der Waals surface area contributed by atoms with Crippen molar-refractivity contribution in [1.82, 2.24) is 9.80 Å². The summed E-state index contributed by atoms with van der Waals surface area (Å²) in [6.07, 6.45) is -2.83. The molecule has 2 nitrogen and oxygen atoms in total. The molecule has 3 unspecified atom stereocenters. The third-order valence-corrected chi connectivity index (χ3v) is 13.0. The zero-order valence-corrected chi connectivity index (χ0v) is 33.4. The van der Waals surface area contributed by atoms with E-state index in [1.165, 1.54) is 19.8 Å². The molecule has 0 spiro atoms. The molecule has 4 atom stereocenters. The molecule has 0 saturated carbocycles. The first-order valence-corrected chi connectivity index (χ1v) is 20.2. The van der Waals surface area contributed by atoms with Crippen LogP contribution in [0.3, 0.4) is 0 Å². The average molecular weight is 650 g/mol. The summed E-state index contributed by atoms with van der Waals surface area (Å²) in [5, 5.41) is -1.09. The predicted octanol–water partition coefficient (Wildman–Crippen LogP) is -9.34. The summed E-state index contributed by atoms with van der Waals surface area (Å²) in [4.78, 5) is 4.97. The Morgan fingerprint density at radius 3 is 1.69 bits per heavy atom. The van der Waals surface area contributed by atoms with Crippen LogP contribution in [0.2, 0.25) is 10.9 Å². The van der Waals surface area contributed by atoms with Crippen molar-refractivity contribution in [3.63, 3.8) is 0 Å². The Bertz CT molecular complexity index is 1150. The van der Waals surface area contributed by atoms with Crippen molar-refractivity contribution in [3.8, 4) is 0 Å². The highest BCUT2D eigenvalue weighted by molar-refractivity contribution is 8.10. The van der Waals surface area contributed by atoms with E-state index in [-0.39, 0.29) is 18.0 Å². The molecular formula is C17H28B36N2. The molecule has 3 aliphatic rings. The maximum atomic E-state index is 6.94. The lowest BCUT2D eigenvalue weighted by Crippen LogP contribution is -2.79. The smallest absolute Gasteiger partial charge is 0.0996 e. The van der Waals surface area contributed by atoms with E-state index in [1.807, 2.05) is 0 Å². The van der Waals surface area contributed by atoms with Crippen LogP contribution in [-0.4, -0.2) is 285 Å². The number of piperidine rings is 1. The molecule has 3 aliphatic heterocycles. The molecule has 0 aliphatic carbocycles. The van der Waals surface area contributed by atoms with Crippen molar-refractivity contribution >= 4 is 256 Å². The van der Waals surface area contributed by atoms with Crippen LogP contribution in [-0.2, 0) is 0 Å². The molecule has 55 heavy (non-hydrogen) atoms. The summed E-state index contributed by atoms with van der Waals surface area (Å²) in [5.41, 5.74) is 1.29. The molecular weight excluding hydrogens is 621 g/mol. The first-order valence-electron chi connectivity index (χ1n) is 20.2. The highest BCUT2D eigenvalue weighted by Crippen LogP contribution is 2.51. The summed E-state index contributed by atoms with van der Waals surface area (Å²) < 4.78 is 0. The SMILES string of the molecule is [B][B]B([B])B([B]C1([B]B(B([B])[B])B(B([B])[B])B([B])[B])CC2N(CC)C=C3CCCC(CC[C@H](CCC)B1B(B([B])[B])B([B][B])B([B])[B])N32)B(B([B])[B])B([B])[B]. The molecule has 38 heteroatoms. The second-order valence-electron chi connectivity index (χ2n) is 16.7. The lowest BCUT2D eigenvalue weighted by atomic mass is 8.45. The van der Waals surface area contributed by atoms with Gasteiger partial charge in [-0.05, 0) is 39.0 Å². The van der Waals surface area contributed by atoms with E-state index >= 15 is 0 Å². The number of allylic oxidation sites excluding steroid dienone is 1. The highest BCUT2D eigenvalue weighted by atomic mass is 15.4. The Morgan fingerprint density at radius 1 is 0.691 bits per heavy atom. The Hall–Kier alpha value is 1.68. The van der Waals surface area contributed by atoms with Gasteiger partial charge in [0.2, 0.25) is 0 Å². The summed E-state index contributed by atoms with van der Waals surface area (Å²) in [6, 6.07) is 0.282. The Morgan fingerprint density at radius 2 is 1.24 bits per heavy atom. The minimum absolute atomic E-state index is 0.0239. The molecule has 0 aromatic carbocycles. The minimum atomic E-state index is -1.09. The van der Waals surface area contributed by atoms with Gasteiger partial charge in [0.15, 0.2) is 0 Å². The van der Waals surface area contributed by atoms with Crippen molar-refractivity contribution in [3.05, 3.63) is 11.9 Å². The molecule has 2 saturated heterocycles. The van der Waals surface area contributed by atoms with E-state index in [0.717, 1.165) is 51.5 Å². The van der Waals surface area contributed by atoms with Crippen molar-refractivity contribution in [2.24, 2.45) is 0 Å². The van der Waals surface area contributed by atoms with Gasteiger partial charge in [0.05, 0.1) is 12.8 Å². The van der Waals surface area contributed by atoms with Gasteiger partial charge in [0, 0.05) is 274 Å². The Balaban J connectivity index is 2.62. The predicted molar refractivity (Wildman–Crippen MR) is 286 cm³/mol. The lowest BCUT2D eigenvalue weighted by molar-refractivity contribution is 0.0761. The van der Waals surface area contributed by atoms with Crippen LogP contribution in [0.4, 0.5) is 0 Å². The van der Waals surface area contributed by atoms with Crippen LogP contribution < -0.4 is 0 Å². The van der Waals surface area contributed by atoms with E-state index in [9.17, 15) is 0 Å². The number of nitrogens with zero attached hydrogens (tertiary/aromatic N) is 2. The summed E-state index contributed by atoms with van der Waals surface area (Å²) >= 11 is 0. The Kier molecular flexibility index (Phi) is 21.5. The van der Waals surface area contributed by atoms with Gasteiger partial charge in [-0.15, -0.1) is 5.11 Å². The fourth-order valence-electron chi connectivity index (χ4n) is 10.7. The first kappa shape index (κ1) is 51.0. The Labute approximate surface area is 370 Å². The maximum Gasteiger partial charge on any atom is 0.0996 e. The van der Waals surface area contributed by atoms with Gasteiger partial charge in [-0.25, -0.2) is 0 Å². The molecule has 3 rings (SSSR count). The van der Waals surface area contributed by atoms with Crippen LogP contribution in [0.15, 0.2) is 11.9 Å². The zero-order chi connectivity index (χ0) is 41.5. The molecule has 0 amide bonds. The molecule has 0 aromatic rings. The van der Waals surface area contributed by atoms with Gasteiger partial charge in [-0.1, -0.05) is 32.0 Å². The number of hydrogen-bond donors (Lipinski definition) is 0. The van der Waals surface area contributed by atoms with Gasteiger partial charge in [0.1, 0.15) is 0 Å². The van der Waals surface area contributed by atoms with Gasteiger partial charge in [-0.3, -0.25) is 0 Å². The van der Waals surface area contributed by atoms with Crippen LogP contribution in [0.1, 0.15) is 65.2 Å². The molecule has 214 valence electrons. The maximum absolute atomic E-state index is 6.94. The van der Waals surface area contributed by atoms with Crippen molar-refractivity contribution in [1.29, 1.82) is 0 Å². The van der Waals surface area contributed by atoms with Gasteiger partial charge in [0.25, 0.3) is 0 Å².